The second-order valence-corrected chi connectivity index (χ2v) is 5.59. The molecule has 0 aromatic carbocycles. The Bertz CT molecular complexity index is 426. The molecule has 0 saturated heterocycles. The molecule has 1 atom stereocenters. The number of aryl methyl sites for hydroxylation is 1. The van der Waals surface area contributed by atoms with Gasteiger partial charge in [0.1, 0.15) is 17.5 Å². The third-order valence-corrected chi connectivity index (χ3v) is 4.12. The van der Waals surface area contributed by atoms with Crippen LogP contribution in [0, 0.1) is 12.8 Å². The zero-order chi connectivity index (χ0) is 13.8. The monoisotopic (exact) mass is 262 g/mol. The lowest BCUT2D eigenvalue weighted by molar-refractivity contribution is 0.285. The zero-order valence-electron chi connectivity index (χ0n) is 12.6. The van der Waals surface area contributed by atoms with Crippen molar-refractivity contribution in [2.45, 2.75) is 58.9 Å². The molecule has 106 valence electrons. The summed E-state index contributed by atoms with van der Waals surface area (Å²) in [4.78, 5) is 9.25. The van der Waals surface area contributed by atoms with E-state index in [0.717, 1.165) is 41.8 Å². The van der Waals surface area contributed by atoms with Crippen LogP contribution in [0.1, 0.15) is 50.9 Å². The average Bonchev–Trinajstić information content (AvgIpc) is 2.31. The molecule has 0 amide bonds. The van der Waals surface area contributed by atoms with Crippen molar-refractivity contribution in [3.63, 3.8) is 0 Å². The predicted molar refractivity (Wildman–Crippen MR) is 80.7 cm³/mol. The van der Waals surface area contributed by atoms with Crippen molar-refractivity contribution >= 4 is 11.6 Å². The molecular weight excluding hydrogens is 236 g/mol. The molecule has 1 heterocycles. The van der Waals surface area contributed by atoms with Crippen LogP contribution in [-0.2, 0) is 6.42 Å². The second kappa shape index (κ2) is 6.22. The SMILES string of the molecule is CCCc1nc(NC)c(C)c(NC(C)C2CCC2)n1. The van der Waals surface area contributed by atoms with Gasteiger partial charge in [0.15, 0.2) is 0 Å². The fraction of sp³-hybridized carbons (Fsp3) is 0.733. The van der Waals surface area contributed by atoms with Gasteiger partial charge >= 0.3 is 0 Å². The van der Waals surface area contributed by atoms with Crippen molar-refractivity contribution in [3.8, 4) is 0 Å². The minimum atomic E-state index is 0.501. The van der Waals surface area contributed by atoms with Gasteiger partial charge in [-0.1, -0.05) is 13.3 Å². The lowest BCUT2D eigenvalue weighted by atomic mass is 9.80. The summed E-state index contributed by atoms with van der Waals surface area (Å²) in [6, 6.07) is 0.501. The normalized spacial score (nSPS) is 16.8. The molecule has 1 aromatic rings. The van der Waals surface area contributed by atoms with E-state index >= 15 is 0 Å². The highest BCUT2D eigenvalue weighted by atomic mass is 15.1. The quantitative estimate of drug-likeness (QED) is 0.825. The molecule has 0 aliphatic heterocycles. The third-order valence-electron chi connectivity index (χ3n) is 4.12. The molecule has 1 saturated carbocycles. The van der Waals surface area contributed by atoms with Crippen LogP contribution in [0.15, 0.2) is 0 Å². The standard InChI is InChI=1S/C15H26N4/c1-5-7-13-18-14(16-4)10(2)15(19-13)17-11(3)12-8-6-9-12/h11-12H,5-9H2,1-4H3,(H2,16,17,18,19). The van der Waals surface area contributed by atoms with E-state index in [-0.39, 0.29) is 0 Å². The van der Waals surface area contributed by atoms with Gasteiger partial charge in [0.2, 0.25) is 0 Å². The Balaban J connectivity index is 2.18. The Morgan fingerprint density at radius 1 is 1.26 bits per heavy atom. The summed E-state index contributed by atoms with van der Waals surface area (Å²) in [5.74, 6) is 3.69. The molecule has 1 fully saturated rings. The minimum absolute atomic E-state index is 0.501. The van der Waals surface area contributed by atoms with Gasteiger partial charge in [-0.05, 0) is 39.0 Å². The Kier molecular flexibility index (Phi) is 4.61. The Hall–Kier alpha value is -1.32. The maximum absolute atomic E-state index is 4.69. The number of aromatic nitrogens is 2. The maximum Gasteiger partial charge on any atom is 0.134 e. The molecule has 4 nitrogen and oxygen atoms in total. The smallest absolute Gasteiger partial charge is 0.134 e. The lowest BCUT2D eigenvalue weighted by Crippen LogP contribution is -2.31. The van der Waals surface area contributed by atoms with Gasteiger partial charge in [0, 0.05) is 25.1 Å². The van der Waals surface area contributed by atoms with Gasteiger partial charge in [-0.15, -0.1) is 0 Å². The third kappa shape index (κ3) is 3.17. The highest BCUT2D eigenvalue weighted by molar-refractivity contribution is 5.57. The van der Waals surface area contributed by atoms with Gasteiger partial charge in [-0.3, -0.25) is 0 Å². The molecule has 1 aliphatic carbocycles. The fourth-order valence-corrected chi connectivity index (χ4v) is 2.56. The van der Waals surface area contributed by atoms with E-state index in [1.165, 1.54) is 19.3 Å². The molecule has 0 radical (unpaired) electrons. The van der Waals surface area contributed by atoms with Crippen molar-refractivity contribution in [3.05, 3.63) is 11.4 Å². The Morgan fingerprint density at radius 2 is 1.95 bits per heavy atom. The van der Waals surface area contributed by atoms with E-state index in [1.54, 1.807) is 0 Å². The predicted octanol–water partition coefficient (Wildman–Crippen LogP) is 3.38. The molecule has 0 bridgehead atoms. The summed E-state index contributed by atoms with van der Waals surface area (Å²) in [5.41, 5.74) is 1.12. The van der Waals surface area contributed by atoms with Crippen molar-refractivity contribution in [2.24, 2.45) is 5.92 Å². The van der Waals surface area contributed by atoms with Crippen LogP contribution >= 0.6 is 0 Å². The van der Waals surface area contributed by atoms with Crippen LogP contribution in [-0.4, -0.2) is 23.1 Å². The number of rotatable bonds is 6. The van der Waals surface area contributed by atoms with Gasteiger partial charge in [0.25, 0.3) is 0 Å². The van der Waals surface area contributed by atoms with Crippen molar-refractivity contribution in [1.82, 2.24) is 9.97 Å². The van der Waals surface area contributed by atoms with Gasteiger partial charge in [-0.25, -0.2) is 9.97 Å². The van der Waals surface area contributed by atoms with Crippen LogP contribution in [0.5, 0.6) is 0 Å². The summed E-state index contributed by atoms with van der Waals surface area (Å²) in [7, 11) is 1.92. The topological polar surface area (TPSA) is 49.8 Å². The van der Waals surface area contributed by atoms with E-state index < -0.39 is 0 Å². The van der Waals surface area contributed by atoms with Gasteiger partial charge < -0.3 is 10.6 Å². The van der Waals surface area contributed by atoms with Crippen molar-refractivity contribution < 1.29 is 0 Å². The molecule has 2 rings (SSSR count). The first-order valence-corrected chi connectivity index (χ1v) is 7.47. The van der Waals surface area contributed by atoms with Gasteiger partial charge in [-0.2, -0.15) is 0 Å². The molecule has 1 aromatic heterocycles. The van der Waals surface area contributed by atoms with E-state index in [9.17, 15) is 0 Å². The molecule has 19 heavy (non-hydrogen) atoms. The molecular formula is C15H26N4. The van der Waals surface area contributed by atoms with Crippen LogP contribution in [0.4, 0.5) is 11.6 Å². The summed E-state index contributed by atoms with van der Waals surface area (Å²) in [6.07, 6.45) is 6.07. The van der Waals surface area contributed by atoms with E-state index in [1.807, 2.05) is 7.05 Å². The molecule has 1 aliphatic rings. The Morgan fingerprint density at radius 3 is 2.47 bits per heavy atom. The number of nitrogens with zero attached hydrogens (tertiary/aromatic N) is 2. The highest BCUT2D eigenvalue weighted by Crippen LogP contribution is 2.31. The summed E-state index contributed by atoms with van der Waals surface area (Å²) < 4.78 is 0. The maximum atomic E-state index is 4.69. The zero-order valence-corrected chi connectivity index (χ0v) is 12.6. The van der Waals surface area contributed by atoms with E-state index in [4.69, 9.17) is 0 Å². The second-order valence-electron chi connectivity index (χ2n) is 5.59. The lowest BCUT2D eigenvalue weighted by Gasteiger charge is -2.32. The van der Waals surface area contributed by atoms with Crippen LogP contribution in [0.3, 0.4) is 0 Å². The fourth-order valence-electron chi connectivity index (χ4n) is 2.56. The van der Waals surface area contributed by atoms with E-state index in [2.05, 4.69) is 41.4 Å². The number of anilines is 2. The molecule has 1 unspecified atom stereocenters. The molecule has 0 spiro atoms. The largest absolute Gasteiger partial charge is 0.373 e. The van der Waals surface area contributed by atoms with Gasteiger partial charge in [0.05, 0.1) is 0 Å². The highest BCUT2D eigenvalue weighted by Gasteiger charge is 2.24. The van der Waals surface area contributed by atoms with Crippen LogP contribution in [0.2, 0.25) is 0 Å². The molecule has 2 N–H and O–H groups in total. The number of hydrogen-bond donors (Lipinski definition) is 2. The number of hydrogen-bond acceptors (Lipinski definition) is 4. The van der Waals surface area contributed by atoms with Crippen LogP contribution in [0.25, 0.3) is 0 Å². The minimum Gasteiger partial charge on any atom is -0.373 e. The molecule has 4 heteroatoms. The Labute approximate surface area is 116 Å². The van der Waals surface area contributed by atoms with Crippen molar-refractivity contribution in [1.29, 1.82) is 0 Å². The van der Waals surface area contributed by atoms with Crippen LogP contribution < -0.4 is 10.6 Å². The first kappa shape index (κ1) is 14.1. The first-order valence-electron chi connectivity index (χ1n) is 7.47. The summed E-state index contributed by atoms with van der Waals surface area (Å²) in [6.45, 7) is 6.51. The summed E-state index contributed by atoms with van der Waals surface area (Å²) >= 11 is 0. The number of nitrogens with one attached hydrogen (secondary N) is 2. The summed E-state index contributed by atoms with van der Waals surface area (Å²) in [5, 5.41) is 6.77. The van der Waals surface area contributed by atoms with Crippen molar-refractivity contribution in [2.75, 3.05) is 17.7 Å². The first-order chi connectivity index (χ1) is 9.15. The average molecular weight is 262 g/mol. The van der Waals surface area contributed by atoms with E-state index in [0.29, 0.717) is 6.04 Å².